The second-order valence-electron chi connectivity index (χ2n) is 4.22. The van der Waals surface area contributed by atoms with Crippen molar-refractivity contribution in [1.29, 1.82) is 0 Å². The van der Waals surface area contributed by atoms with E-state index in [4.69, 9.17) is 17.3 Å². The van der Waals surface area contributed by atoms with Crippen molar-refractivity contribution < 1.29 is 4.79 Å². The number of carbonyl (C=O) groups excluding carboxylic acids is 1. The van der Waals surface area contributed by atoms with Gasteiger partial charge in [-0.15, -0.1) is 0 Å². The summed E-state index contributed by atoms with van der Waals surface area (Å²) in [6.07, 6.45) is 0. The van der Waals surface area contributed by atoms with Crippen LogP contribution in [0.3, 0.4) is 0 Å². The van der Waals surface area contributed by atoms with Gasteiger partial charge < -0.3 is 5.73 Å². The number of rotatable bonds is 3. The van der Waals surface area contributed by atoms with Crippen molar-refractivity contribution in [3.05, 3.63) is 70.2 Å². The molecule has 0 spiro atoms. The molecule has 2 N–H and O–H groups in total. The maximum atomic E-state index is 12.2. The predicted molar refractivity (Wildman–Crippen MR) is 73.9 cm³/mol. The van der Waals surface area contributed by atoms with E-state index in [0.717, 1.165) is 5.56 Å². The molecule has 0 aliphatic heterocycles. The number of benzene rings is 2. The lowest BCUT2D eigenvalue weighted by Crippen LogP contribution is -2.06. The van der Waals surface area contributed by atoms with Gasteiger partial charge in [0.2, 0.25) is 0 Å². The van der Waals surface area contributed by atoms with Crippen LogP contribution in [0.2, 0.25) is 5.02 Å². The van der Waals surface area contributed by atoms with E-state index in [-0.39, 0.29) is 11.8 Å². The largest absolute Gasteiger partial charge is 0.324 e. The van der Waals surface area contributed by atoms with Crippen LogP contribution in [-0.4, -0.2) is 5.78 Å². The Bertz CT molecular complexity index is 561. The summed E-state index contributed by atoms with van der Waals surface area (Å²) in [4.78, 5) is 12.2. The molecule has 0 aliphatic carbocycles. The average molecular weight is 260 g/mol. The van der Waals surface area contributed by atoms with E-state index in [1.54, 1.807) is 36.4 Å². The number of hydrogen-bond acceptors (Lipinski definition) is 2. The lowest BCUT2D eigenvalue weighted by molar-refractivity contribution is 0.103. The number of ketones is 1. The summed E-state index contributed by atoms with van der Waals surface area (Å²) in [5.41, 5.74) is 7.91. The minimum Gasteiger partial charge on any atom is -0.324 e. The molecule has 1 unspecified atom stereocenters. The third-order valence-corrected chi connectivity index (χ3v) is 3.15. The molecule has 0 saturated heterocycles. The smallest absolute Gasteiger partial charge is 0.194 e. The zero-order chi connectivity index (χ0) is 13.1. The average Bonchev–Trinajstić information content (AvgIpc) is 2.38. The first-order chi connectivity index (χ1) is 8.59. The molecular weight excluding hydrogens is 246 g/mol. The summed E-state index contributed by atoms with van der Waals surface area (Å²) in [5, 5.41) is 0.471. The Morgan fingerprint density at radius 2 is 1.72 bits per heavy atom. The van der Waals surface area contributed by atoms with E-state index < -0.39 is 0 Å². The van der Waals surface area contributed by atoms with Crippen LogP contribution in [0, 0.1) is 0 Å². The highest BCUT2D eigenvalue weighted by Crippen LogP contribution is 2.20. The Morgan fingerprint density at radius 3 is 2.28 bits per heavy atom. The van der Waals surface area contributed by atoms with E-state index in [2.05, 4.69) is 0 Å². The molecule has 2 aromatic rings. The van der Waals surface area contributed by atoms with Crippen LogP contribution in [-0.2, 0) is 0 Å². The van der Waals surface area contributed by atoms with Gasteiger partial charge in [0.15, 0.2) is 5.78 Å². The normalized spacial score (nSPS) is 12.2. The van der Waals surface area contributed by atoms with Crippen molar-refractivity contribution >= 4 is 17.4 Å². The van der Waals surface area contributed by atoms with Gasteiger partial charge in [-0.3, -0.25) is 4.79 Å². The third-order valence-electron chi connectivity index (χ3n) is 2.82. The van der Waals surface area contributed by atoms with Gasteiger partial charge in [0, 0.05) is 17.2 Å². The third kappa shape index (κ3) is 2.61. The molecular formula is C15H14ClNO. The van der Waals surface area contributed by atoms with Crippen molar-refractivity contribution in [2.24, 2.45) is 5.73 Å². The maximum Gasteiger partial charge on any atom is 0.194 e. The highest BCUT2D eigenvalue weighted by molar-refractivity contribution is 6.34. The molecule has 3 heteroatoms. The fraction of sp³-hybridized carbons (Fsp3) is 0.133. The van der Waals surface area contributed by atoms with Gasteiger partial charge in [-0.1, -0.05) is 48.0 Å². The molecule has 0 bridgehead atoms. The lowest BCUT2D eigenvalue weighted by atomic mass is 10.0. The first kappa shape index (κ1) is 12.8. The number of carbonyl (C=O) groups is 1. The molecule has 0 amide bonds. The highest BCUT2D eigenvalue weighted by Gasteiger charge is 2.12. The van der Waals surface area contributed by atoms with Crippen molar-refractivity contribution in [2.45, 2.75) is 13.0 Å². The first-order valence-electron chi connectivity index (χ1n) is 5.74. The van der Waals surface area contributed by atoms with Crippen molar-refractivity contribution in [2.75, 3.05) is 0 Å². The van der Waals surface area contributed by atoms with E-state index in [9.17, 15) is 4.79 Å². The van der Waals surface area contributed by atoms with Gasteiger partial charge in [0.1, 0.15) is 0 Å². The fourth-order valence-corrected chi connectivity index (χ4v) is 1.96. The van der Waals surface area contributed by atoms with E-state index in [1.807, 2.05) is 19.1 Å². The van der Waals surface area contributed by atoms with Crippen molar-refractivity contribution in [1.82, 2.24) is 0 Å². The predicted octanol–water partition coefficient (Wildman–Crippen LogP) is 3.59. The Morgan fingerprint density at radius 1 is 1.11 bits per heavy atom. The van der Waals surface area contributed by atoms with Crippen molar-refractivity contribution in [3.8, 4) is 0 Å². The molecule has 0 saturated carbocycles. The quantitative estimate of drug-likeness (QED) is 0.856. The SMILES string of the molecule is CC(N)c1ccc(C(=O)c2ccccc2Cl)cc1. The van der Waals surface area contributed by atoms with Gasteiger partial charge >= 0.3 is 0 Å². The first-order valence-corrected chi connectivity index (χ1v) is 6.12. The second kappa shape index (κ2) is 5.34. The molecule has 18 heavy (non-hydrogen) atoms. The molecule has 0 heterocycles. The summed E-state index contributed by atoms with van der Waals surface area (Å²) in [5.74, 6) is -0.0724. The molecule has 2 nitrogen and oxygen atoms in total. The summed E-state index contributed by atoms with van der Waals surface area (Å²) in [7, 11) is 0. The Kier molecular flexibility index (Phi) is 3.80. The number of halogens is 1. The standard InChI is InChI=1S/C15H14ClNO/c1-10(17)11-6-8-12(9-7-11)15(18)13-4-2-3-5-14(13)16/h2-10H,17H2,1H3. The van der Waals surface area contributed by atoms with Gasteiger partial charge in [0.25, 0.3) is 0 Å². The molecule has 0 fully saturated rings. The summed E-state index contributed by atoms with van der Waals surface area (Å²) in [6, 6.07) is 14.3. The molecule has 0 aliphatic rings. The van der Waals surface area contributed by atoms with Crippen LogP contribution in [0.1, 0.15) is 34.5 Å². The second-order valence-corrected chi connectivity index (χ2v) is 4.63. The molecule has 2 rings (SSSR count). The number of hydrogen-bond donors (Lipinski definition) is 1. The van der Waals surface area contributed by atoms with Crippen LogP contribution in [0.25, 0.3) is 0 Å². The molecule has 0 aromatic heterocycles. The summed E-state index contributed by atoms with van der Waals surface area (Å²) >= 11 is 6.01. The zero-order valence-electron chi connectivity index (χ0n) is 10.1. The van der Waals surface area contributed by atoms with Crippen LogP contribution in [0.5, 0.6) is 0 Å². The van der Waals surface area contributed by atoms with E-state index >= 15 is 0 Å². The van der Waals surface area contributed by atoms with Gasteiger partial charge in [-0.25, -0.2) is 0 Å². The fourth-order valence-electron chi connectivity index (χ4n) is 1.74. The van der Waals surface area contributed by atoms with Crippen molar-refractivity contribution in [3.63, 3.8) is 0 Å². The summed E-state index contributed by atoms with van der Waals surface area (Å²) < 4.78 is 0. The summed E-state index contributed by atoms with van der Waals surface area (Å²) in [6.45, 7) is 1.91. The number of nitrogens with two attached hydrogens (primary N) is 1. The van der Waals surface area contributed by atoms with Gasteiger partial charge in [0.05, 0.1) is 5.02 Å². The molecule has 2 aromatic carbocycles. The van der Waals surface area contributed by atoms with Gasteiger partial charge in [-0.05, 0) is 24.6 Å². The Balaban J connectivity index is 2.32. The maximum absolute atomic E-state index is 12.2. The van der Waals surface area contributed by atoms with Crippen LogP contribution in [0.15, 0.2) is 48.5 Å². The minimum atomic E-state index is -0.0724. The highest BCUT2D eigenvalue weighted by atomic mass is 35.5. The molecule has 92 valence electrons. The monoisotopic (exact) mass is 259 g/mol. The van der Waals surface area contributed by atoms with Crippen LogP contribution in [0.4, 0.5) is 0 Å². The van der Waals surface area contributed by atoms with Crippen LogP contribution >= 0.6 is 11.6 Å². The molecule has 1 atom stereocenters. The minimum absolute atomic E-state index is 0.0329. The Hall–Kier alpha value is -1.64. The zero-order valence-corrected chi connectivity index (χ0v) is 10.8. The van der Waals surface area contributed by atoms with Crippen LogP contribution < -0.4 is 5.73 Å². The molecule has 0 radical (unpaired) electrons. The topological polar surface area (TPSA) is 43.1 Å². The Labute approximate surface area is 111 Å². The van der Waals surface area contributed by atoms with E-state index in [1.165, 1.54) is 0 Å². The van der Waals surface area contributed by atoms with Gasteiger partial charge in [-0.2, -0.15) is 0 Å². The lowest BCUT2D eigenvalue weighted by Gasteiger charge is -2.07. The van der Waals surface area contributed by atoms with E-state index in [0.29, 0.717) is 16.1 Å².